The van der Waals surface area contributed by atoms with Crippen LogP contribution in [0.3, 0.4) is 0 Å². The van der Waals surface area contributed by atoms with Crippen LogP contribution in [0.5, 0.6) is 0 Å². The summed E-state index contributed by atoms with van der Waals surface area (Å²) in [6, 6.07) is 16.0. The molecule has 22 heavy (non-hydrogen) atoms. The van der Waals surface area contributed by atoms with Crippen molar-refractivity contribution < 1.29 is 4.79 Å². The third-order valence-electron chi connectivity index (χ3n) is 3.57. The zero-order valence-corrected chi connectivity index (χ0v) is 13.2. The molecule has 0 fully saturated rings. The molecule has 112 valence electrons. The van der Waals surface area contributed by atoms with Crippen LogP contribution in [-0.2, 0) is 4.79 Å². The summed E-state index contributed by atoms with van der Waals surface area (Å²) in [6.45, 7) is 2.03. The van der Waals surface area contributed by atoms with Gasteiger partial charge in [0.25, 0.3) is 0 Å². The second-order valence-electron chi connectivity index (χ2n) is 5.28. The molecule has 0 radical (unpaired) electrons. The number of nitrogens with zero attached hydrogens (tertiary/aromatic N) is 1. The summed E-state index contributed by atoms with van der Waals surface area (Å²) in [7, 11) is 0. The summed E-state index contributed by atoms with van der Waals surface area (Å²) in [5.41, 5.74) is 2.02. The molecule has 1 N–H and O–H groups in total. The van der Waals surface area contributed by atoms with Gasteiger partial charge in [0.05, 0.1) is 12.5 Å². The smallest absolute Gasteiger partial charge is 0.226 e. The number of anilines is 1. The standard InChI is InChI=1S/C18H18N2OS/c1-14-6-8-15(9-7-14)19-18(21)13-16(17-5-4-12-22-17)20-10-2-3-11-20/h2-12,16H,13H2,1H3,(H,19,21)/t16-/m1/s1. The summed E-state index contributed by atoms with van der Waals surface area (Å²) in [5, 5.41) is 5.02. The summed E-state index contributed by atoms with van der Waals surface area (Å²) in [6.07, 6.45) is 4.43. The third-order valence-corrected chi connectivity index (χ3v) is 4.55. The van der Waals surface area contributed by atoms with E-state index in [4.69, 9.17) is 0 Å². The van der Waals surface area contributed by atoms with Gasteiger partial charge in [0.15, 0.2) is 0 Å². The molecule has 2 heterocycles. The van der Waals surface area contributed by atoms with Gasteiger partial charge in [-0.05, 0) is 42.6 Å². The number of rotatable bonds is 5. The molecule has 0 spiro atoms. The summed E-state index contributed by atoms with van der Waals surface area (Å²) < 4.78 is 2.08. The van der Waals surface area contributed by atoms with Gasteiger partial charge in [0.1, 0.15) is 0 Å². The molecule has 0 saturated heterocycles. The number of aromatic nitrogens is 1. The van der Waals surface area contributed by atoms with Crippen molar-refractivity contribution in [1.29, 1.82) is 0 Å². The molecule has 3 rings (SSSR count). The summed E-state index contributed by atoms with van der Waals surface area (Å²) >= 11 is 1.68. The number of carbonyl (C=O) groups excluding carboxylic acids is 1. The third kappa shape index (κ3) is 3.46. The Balaban J connectivity index is 1.73. The Bertz CT molecular complexity index is 681. The van der Waals surface area contributed by atoms with Crippen molar-refractivity contribution in [2.45, 2.75) is 19.4 Å². The van der Waals surface area contributed by atoms with Crippen LogP contribution in [0.4, 0.5) is 5.69 Å². The average Bonchev–Trinajstić information content (AvgIpc) is 3.21. The first kappa shape index (κ1) is 14.6. The Kier molecular flexibility index (Phi) is 4.39. The number of benzene rings is 1. The molecule has 1 amide bonds. The molecule has 0 unspecified atom stereocenters. The topological polar surface area (TPSA) is 34.0 Å². The van der Waals surface area contributed by atoms with Crippen molar-refractivity contribution in [1.82, 2.24) is 4.57 Å². The molecule has 4 heteroatoms. The summed E-state index contributed by atoms with van der Waals surface area (Å²) in [5.74, 6) is 0.0240. The van der Waals surface area contributed by atoms with Gasteiger partial charge >= 0.3 is 0 Å². The summed E-state index contributed by atoms with van der Waals surface area (Å²) in [4.78, 5) is 13.6. The van der Waals surface area contributed by atoms with Crippen LogP contribution in [0, 0.1) is 6.92 Å². The van der Waals surface area contributed by atoms with Crippen LogP contribution >= 0.6 is 11.3 Å². The van der Waals surface area contributed by atoms with Gasteiger partial charge in [-0.15, -0.1) is 11.3 Å². The van der Waals surface area contributed by atoms with Crippen molar-refractivity contribution in [2.24, 2.45) is 0 Å². The van der Waals surface area contributed by atoms with Crippen LogP contribution in [0.25, 0.3) is 0 Å². The molecule has 0 aliphatic rings. The van der Waals surface area contributed by atoms with E-state index in [1.54, 1.807) is 11.3 Å². The first-order chi connectivity index (χ1) is 10.7. The maximum Gasteiger partial charge on any atom is 0.226 e. The van der Waals surface area contributed by atoms with Crippen molar-refractivity contribution in [3.63, 3.8) is 0 Å². The van der Waals surface area contributed by atoms with E-state index in [1.165, 1.54) is 10.4 Å². The second kappa shape index (κ2) is 6.62. The number of carbonyl (C=O) groups is 1. The average molecular weight is 310 g/mol. The Labute approximate surface area is 134 Å². The van der Waals surface area contributed by atoms with E-state index >= 15 is 0 Å². The van der Waals surface area contributed by atoms with E-state index in [-0.39, 0.29) is 11.9 Å². The quantitative estimate of drug-likeness (QED) is 0.741. The van der Waals surface area contributed by atoms with Crippen molar-refractivity contribution in [3.05, 3.63) is 76.7 Å². The lowest BCUT2D eigenvalue weighted by Crippen LogP contribution is -2.19. The van der Waals surface area contributed by atoms with E-state index in [0.29, 0.717) is 6.42 Å². The molecular weight excluding hydrogens is 292 g/mol. The molecule has 3 nitrogen and oxygen atoms in total. The molecule has 2 aromatic heterocycles. The second-order valence-corrected chi connectivity index (χ2v) is 6.26. The first-order valence-electron chi connectivity index (χ1n) is 7.25. The molecule has 0 aliphatic heterocycles. The van der Waals surface area contributed by atoms with E-state index in [1.807, 2.05) is 67.2 Å². The normalized spacial score (nSPS) is 12.0. The first-order valence-corrected chi connectivity index (χ1v) is 8.13. The van der Waals surface area contributed by atoms with Gasteiger partial charge in [0, 0.05) is 23.0 Å². The molecule has 3 aromatic rings. The van der Waals surface area contributed by atoms with E-state index in [2.05, 4.69) is 16.0 Å². The molecular formula is C18H18N2OS. The zero-order valence-electron chi connectivity index (χ0n) is 12.4. The Morgan fingerprint density at radius 1 is 1.14 bits per heavy atom. The Hall–Kier alpha value is -2.33. The van der Waals surface area contributed by atoms with E-state index in [9.17, 15) is 4.79 Å². The predicted octanol–water partition coefficient (Wildman–Crippen LogP) is 4.48. The highest BCUT2D eigenvalue weighted by Gasteiger charge is 2.18. The van der Waals surface area contributed by atoms with Gasteiger partial charge in [-0.25, -0.2) is 0 Å². The SMILES string of the molecule is Cc1ccc(NC(=O)C[C@H](c2cccs2)n2cccc2)cc1. The minimum atomic E-state index is 0.0240. The molecule has 1 aromatic carbocycles. The Morgan fingerprint density at radius 2 is 1.86 bits per heavy atom. The minimum Gasteiger partial charge on any atom is -0.346 e. The molecule has 0 aliphatic carbocycles. The number of thiophene rings is 1. The van der Waals surface area contributed by atoms with Crippen LogP contribution in [0.2, 0.25) is 0 Å². The van der Waals surface area contributed by atoms with Crippen molar-refractivity contribution >= 4 is 22.9 Å². The number of nitrogens with one attached hydrogen (secondary N) is 1. The van der Waals surface area contributed by atoms with Gasteiger partial charge in [0.2, 0.25) is 5.91 Å². The highest BCUT2D eigenvalue weighted by Crippen LogP contribution is 2.27. The predicted molar refractivity (Wildman–Crippen MR) is 91.3 cm³/mol. The number of hydrogen-bond donors (Lipinski definition) is 1. The van der Waals surface area contributed by atoms with Gasteiger partial charge in [-0.2, -0.15) is 0 Å². The number of hydrogen-bond acceptors (Lipinski definition) is 2. The van der Waals surface area contributed by atoms with Crippen LogP contribution in [-0.4, -0.2) is 10.5 Å². The zero-order chi connectivity index (χ0) is 15.4. The van der Waals surface area contributed by atoms with Gasteiger partial charge < -0.3 is 9.88 Å². The molecule has 0 bridgehead atoms. The number of aryl methyl sites for hydroxylation is 1. The largest absolute Gasteiger partial charge is 0.346 e. The lowest BCUT2D eigenvalue weighted by Gasteiger charge is -2.17. The maximum atomic E-state index is 12.4. The fraction of sp³-hybridized carbons (Fsp3) is 0.167. The van der Waals surface area contributed by atoms with Crippen LogP contribution in [0.15, 0.2) is 66.3 Å². The van der Waals surface area contributed by atoms with E-state index in [0.717, 1.165) is 5.69 Å². The lowest BCUT2D eigenvalue weighted by molar-refractivity contribution is -0.116. The minimum absolute atomic E-state index is 0.0240. The highest BCUT2D eigenvalue weighted by atomic mass is 32.1. The van der Waals surface area contributed by atoms with Gasteiger partial charge in [-0.3, -0.25) is 4.79 Å². The molecule has 0 saturated carbocycles. The van der Waals surface area contributed by atoms with E-state index < -0.39 is 0 Å². The molecule has 1 atom stereocenters. The fourth-order valence-corrected chi connectivity index (χ4v) is 3.25. The highest BCUT2D eigenvalue weighted by molar-refractivity contribution is 7.10. The van der Waals surface area contributed by atoms with Crippen molar-refractivity contribution in [2.75, 3.05) is 5.32 Å². The Morgan fingerprint density at radius 3 is 2.50 bits per heavy atom. The van der Waals surface area contributed by atoms with Crippen LogP contribution < -0.4 is 5.32 Å². The van der Waals surface area contributed by atoms with Crippen molar-refractivity contribution in [3.8, 4) is 0 Å². The monoisotopic (exact) mass is 310 g/mol. The lowest BCUT2D eigenvalue weighted by atomic mass is 10.1. The van der Waals surface area contributed by atoms with Gasteiger partial charge in [-0.1, -0.05) is 23.8 Å². The maximum absolute atomic E-state index is 12.4. The van der Waals surface area contributed by atoms with Crippen LogP contribution in [0.1, 0.15) is 22.9 Å². The fourth-order valence-electron chi connectivity index (χ4n) is 2.41. The number of amides is 1.